The summed E-state index contributed by atoms with van der Waals surface area (Å²) in [5, 5.41) is 9.64. The summed E-state index contributed by atoms with van der Waals surface area (Å²) in [5.74, 6) is 0.323. The summed E-state index contributed by atoms with van der Waals surface area (Å²) < 4.78 is 5.09. The van der Waals surface area contributed by atoms with Gasteiger partial charge in [-0.1, -0.05) is 6.42 Å². The van der Waals surface area contributed by atoms with Crippen molar-refractivity contribution in [1.82, 2.24) is 0 Å². The van der Waals surface area contributed by atoms with E-state index < -0.39 is 0 Å². The summed E-state index contributed by atoms with van der Waals surface area (Å²) in [6, 6.07) is 0. The molecule has 1 aliphatic carbocycles. The van der Waals surface area contributed by atoms with Crippen molar-refractivity contribution < 1.29 is 9.52 Å². The fourth-order valence-corrected chi connectivity index (χ4v) is 2.05. The Morgan fingerprint density at radius 1 is 1.42 bits per heavy atom. The first-order chi connectivity index (χ1) is 5.79. The molecule has 1 aliphatic rings. The van der Waals surface area contributed by atoms with E-state index in [2.05, 4.69) is 0 Å². The third-order valence-electron chi connectivity index (χ3n) is 2.77. The van der Waals surface area contributed by atoms with Crippen LogP contribution in [0.3, 0.4) is 0 Å². The van der Waals surface area contributed by atoms with E-state index in [9.17, 15) is 5.11 Å². The van der Waals surface area contributed by atoms with E-state index in [0.717, 1.165) is 19.3 Å². The molecule has 1 saturated carbocycles. The van der Waals surface area contributed by atoms with Crippen LogP contribution < -0.4 is 0 Å². The molecular formula is C10H14O2. The van der Waals surface area contributed by atoms with E-state index >= 15 is 0 Å². The maximum atomic E-state index is 9.64. The van der Waals surface area contributed by atoms with Crippen molar-refractivity contribution in [3.05, 3.63) is 23.7 Å². The van der Waals surface area contributed by atoms with Gasteiger partial charge in [-0.05, 0) is 30.9 Å². The molecule has 2 heteroatoms. The van der Waals surface area contributed by atoms with Crippen LogP contribution in [0.2, 0.25) is 0 Å². The van der Waals surface area contributed by atoms with Gasteiger partial charge in [-0.25, -0.2) is 0 Å². The van der Waals surface area contributed by atoms with Gasteiger partial charge >= 0.3 is 0 Å². The summed E-state index contributed by atoms with van der Waals surface area (Å²) >= 11 is 0. The molecule has 1 heterocycles. The maximum Gasteiger partial charge on any atom is 0.0941 e. The second-order valence-corrected chi connectivity index (χ2v) is 3.61. The number of aliphatic hydroxyl groups is 1. The number of hydrogen-bond acceptors (Lipinski definition) is 2. The van der Waals surface area contributed by atoms with Gasteiger partial charge in [0, 0.05) is 5.92 Å². The number of hydrogen-bond donors (Lipinski definition) is 1. The molecule has 0 spiro atoms. The Bertz CT molecular complexity index is 265. The minimum absolute atomic E-state index is 0.152. The topological polar surface area (TPSA) is 33.4 Å². The van der Waals surface area contributed by atoms with Crippen molar-refractivity contribution in [1.29, 1.82) is 0 Å². The Morgan fingerprint density at radius 2 is 2.25 bits per heavy atom. The van der Waals surface area contributed by atoms with Crippen molar-refractivity contribution in [2.45, 2.75) is 38.2 Å². The molecule has 1 aromatic heterocycles. The molecule has 2 rings (SSSR count). The summed E-state index contributed by atoms with van der Waals surface area (Å²) in [6.07, 6.45) is 6.55. The lowest BCUT2D eigenvalue weighted by Gasteiger charge is -2.12. The zero-order valence-electron chi connectivity index (χ0n) is 7.29. The van der Waals surface area contributed by atoms with Gasteiger partial charge in [0.25, 0.3) is 0 Å². The number of furan rings is 1. The van der Waals surface area contributed by atoms with Gasteiger partial charge in [0.1, 0.15) is 0 Å². The van der Waals surface area contributed by atoms with Crippen LogP contribution >= 0.6 is 0 Å². The van der Waals surface area contributed by atoms with E-state index in [0.29, 0.717) is 5.92 Å². The van der Waals surface area contributed by atoms with Crippen LogP contribution in [-0.2, 0) is 0 Å². The zero-order valence-corrected chi connectivity index (χ0v) is 7.29. The highest BCUT2D eigenvalue weighted by molar-refractivity contribution is 5.25. The fraction of sp³-hybridized carbons (Fsp3) is 0.600. The van der Waals surface area contributed by atoms with Gasteiger partial charge in [0.15, 0.2) is 0 Å². The smallest absolute Gasteiger partial charge is 0.0941 e. The van der Waals surface area contributed by atoms with Gasteiger partial charge < -0.3 is 9.52 Å². The molecule has 1 fully saturated rings. The quantitative estimate of drug-likeness (QED) is 0.694. The van der Waals surface area contributed by atoms with Crippen molar-refractivity contribution in [3.8, 4) is 0 Å². The first kappa shape index (κ1) is 7.87. The molecule has 0 bridgehead atoms. The van der Waals surface area contributed by atoms with Crippen LogP contribution in [0.15, 0.2) is 16.9 Å². The van der Waals surface area contributed by atoms with Crippen molar-refractivity contribution in [2.75, 3.05) is 0 Å². The molecular weight excluding hydrogens is 152 g/mol. The predicted molar refractivity (Wildman–Crippen MR) is 46.0 cm³/mol. The third kappa shape index (κ3) is 1.16. The first-order valence-electron chi connectivity index (χ1n) is 4.50. The lowest BCUT2D eigenvalue weighted by Crippen LogP contribution is -2.10. The zero-order chi connectivity index (χ0) is 8.55. The molecule has 1 N–H and O–H groups in total. The van der Waals surface area contributed by atoms with Crippen LogP contribution in [0, 0.1) is 6.92 Å². The monoisotopic (exact) mass is 166 g/mol. The lowest BCUT2D eigenvalue weighted by molar-refractivity contribution is 0.163. The predicted octanol–water partition coefficient (Wildman–Crippen LogP) is 2.22. The number of aliphatic hydroxyl groups excluding tert-OH is 1. The van der Waals surface area contributed by atoms with Gasteiger partial charge in [-0.3, -0.25) is 0 Å². The van der Waals surface area contributed by atoms with Crippen molar-refractivity contribution >= 4 is 0 Å². The Kier molecular flexibility index (Phi) is 1.93. The van der Waals surface area contributed by atoms with E-state index in [1.807, 2.05) is 6.92 Å². The van der Waals surface area contributed by atoms with Crippen LogP contribution in [0.25, 0.3) is 0 Å². The fourth-order valence-electron chi connectivity index (χ4n) is 2.05. The highest BCUT2D eigenvalue weighted by atomic mass is 16.3. The van der Waals surface area contributed by atoms with E-state index in [-0.39, 0.29) is 6.10 Å². The Hall–Kier alpha value is -0.760. The average molecular weight is 166 g/mol. The van der Waals surface area contributed by atoms with Crippen LogP contribution in [0.4, 0.5) is 0 Å². The summed E-state index contributed by atoms with van der Waals surface area (Å²) in [5.41, 5.74) is 2.36. The molecule has 1 aromatic rings. The molecule has 0 aliphatic heterocycles. The van der Waals surface area contributed by atoms with Gasteiger partial charge in [-0.2, -0.15) is 0 Å². The molecule has 66 valence electrons. The summed E-state index contributed by atoms with van der Waals surface area (Å²) in [6.45, 7) is 2.03. The summed E-state index contributed by atoms with van der Waals surface area (Å²) in [4.78, 5) is 0. The third-order valence-corrected chi connectivity index (χ3v) is 2.77. The lowest BCUT2D eigenvalue weighted by atomic mass is 9.96. The highest BCUT2D eigenvalue weighted by Gasteiger charge is 2.28. The molecule has 0 amide bonds. The largest absolute Gasteiger partial charge is 0.472 e. The standard InChI is InChI=1S/C10H14O2/c1-7-5-12-6-9(7)8-3-2-4-10(8)11/h5-6,8,10-11H,2-4H2,1H3. The Labute approximate surface area is 72.2 Å². The summed E-state index contributed by atoms with van der Waals surface area (Å²) in [7, 11) is 0. The highest BCUT2D eigenvalue weighted by Crippen LogP contribution is 2.36. The van der Waals surface area contributed by atoms with Gasteiger partial charge in [0.05, 0.1) is 18.6 Å². The van der Waals surface area contributed by atoms with Crippen LogP contribution in [-0.4, -0.2) is 11.2 Å². The molecule has 2 unspecified atom stereocenters. The SMILES string of the molecule is Cc1cocc1C1CCCC1O. The number of rotatable bonds is 1. The van der Waals surface area contributed by atoms with E-state index in [4.69, 9.17) is 4.42 Å². The minimum Gasteiger partial charge on any atom is -0.472 e. The minimum atomic E-state index is -0.152. The van der Waals surface area contributed by atoms with Crippen LogP contribution in [0.1, 0.15) is 36.3 Å². The second-order valence-electron chi connectivity index (χ2n) is 3.61. The van der Waals surface area contributed by atoms with Gasteiger partial charge in [-0.15, -0.1) is 0 Å². The molecule has 0 radical (unpaired) electrons. The maximum absolute atomic E-state index is 9.64. The average Bonchev–Trinajstić information content (AvgIpc) is 2.59. The van der Waals surface area contributed by atoms with Crippen molar-refractivity contribution in [2.24, 2.45) is 0 Å². The molecule has 2 nitrogen and oxygen atoms in total. The molecule has 0 aromatic carbocycles. The second kappa shape index (κ2) is 2.94. The first-order valence-corrected chi connectivity index (χ1v) is 4.50. The molecule has 2 atom stereocenters. The Morgan fingerprint density at radius 3 is 2.75 bits per heavy atom. The van der Waals surface area contributed by atoms with Crippen molar-refractivity contribution in [3.63, 3.8) is 0 Å². The Balaban J connectivity index is 2.24. The normalized spacial score (nSPS) is 29.5. The van der Waals surface area contributed by atoms with E-state index in [1.165, 1.54) is 11.1 Å². The number of aryl methyl sites for hydroxylation is 1. The van der Waals surface area contributed by atoms with Crippen LogP contribution in [0.5, 0.6) is 0 Å². The molecule has 12 heavy (non-hydrogen) atoms. The van der Waals surface area contributed by atoms with Gasteiger partial charge in [0.2, 0.25) is 0 Å². The molecule has 0 saturated heterocycles. The van der Waals surface area contributed by atoms with E-state index in [1.54, 1.807) is 12.5 Å².